The Kier molecular flexibility index (Phi) is 5.91. The zero-order valence-corrected chi connectivity index (χ0v) is 19.5. The molecule has 0 bridgehead atoms. The van der Waals surface area contributed by atoms with Crippen molar-refractivity contribution >= 4 is 20.9 Å². The molecule has 0 amide bonds. The van der Waals surface area contributed by atoms with Crippen LogP contribution in [-0.4, -0.2) is 31.6 Å². The van der Waals surface area contributed by atoms with Crippen molar-refractivity contribution in [3.05, 3.63) is 94.0 Å². The number of hydrogen-bond donors (Lipinski definition) is 1. The second-order valence-corrected chi connectivity index (χ2v) is 9.93. The Labute approximate surface area is 200 Å². The Morgan fingerprint density at radius 2 is 1.66 bits per heavy atom. The average Bonchev–Trinajstić information content (AvgIpc) is 3.30. The van der Waals surface area contributed by atoms with Crippen LogP contribution in [0.2, 0.25) is 0 Å². The minimum Gasteiger partial charge on any atom is -0.497 e. The van der Waals surface area contributed by atoms with E-state index in [1.54, 1.807) is 49.6 Å². The van der Waals surface area contributed by atoms with Crippen molar-refractivity contribution in [1.29, 1.82) is 0 Å². The maximum atomic E-state index is 13.5. The molecule has 0 fully saturated rings. The lowest BCUT2D eigenvalue weighted by Crippen LogP contribution is -2.32. The largest absolute Gasteiger partial charge is 0.497 e. The predicted octanol–water partition coefficient (Wildman–Crippen LogP) is 3.80. The molecule has 0 unspecified atom stereocenters. The van der Waals surface area contributed by atoms with Gasteiger partial charge in [0.15, 0.2) is 11.5 Å². The highest BCUT2D eigenvalue weighted by Crippen LogP contribution is 2.35. The molecule has 1 aromatic heterocycles. The van der Waals surface area contributed by atoms with Gasteiger partial charge in [-0.25, -0.2) is 12.8 Å². The van der Waals surface area contributed by atoms with Crippen molar-refractivity contribution in [2.45, 2.75) is 18.0 Å². The molecule has 0 saturated heterocycles. The second-order valence-electron chi connectivity index (χ2n) is 7.99. The molecule has 3 aromatic carbocycles. The Morgan fingerprint density at radius 1 is 0.971 bits per heavy atom. The van der Waals surface area contributed by atoms with Gasteiger partial charge in [0.2, 0.25) is 16.8 Å². The lowest BCUT2D eigenvalue weighted by atomic mass is 10.1. The Hall–Kier alpha value is -3.89. The molecule has 1 aliphatic rings. The number of nitrogens with zero attached hydrogens (tertiary/aromatic N) is 1. The lowest BCUT2D eigenvalue weighted by Gasteiger charge is -2.22. The molecule has 10 heteroatoms. The summed E-state index contributed by atoms with van der Waals surface area (Å²) >= 11 is 0. The van der Waals surface area contributed by atoms with Crippen molar-refractivity contribution in [2.24, 2.45) is 0 Å². The maximum Gasteiger partial charge on any atom is 0.252 e. The van der Waals surface area contributed by atoms with Crippen LogP contribution < -0.4 is 19.8 Å². The number of methoxy groups -OCH3 is 1. The van der Waals surface area contributed by atoms with E-state index in [0.29, 0.717) is 33.7 Å². The van der Waals surface area contributed by atoms with Gasteiger partial charge in [0.05, 0.1) is 17.5 Å². The number of benzene rings is 3. The molecule has 5 rings (SSSR count). The quantitative estimate of drug-likeness (QED) is 0.418. The first-order valence-corrected chi connectivity index (χ1v) is 12.1. The van der Waals surface area contributed by atoms with Crippen LogP contribution >= 0.6 is 0 Å². The maximum absolute atomic E-state index is 13.5. The summed E-state index contributed by atoms with van der Waals surface area (Å²) in [6, 6.07) is 16.6. The first-order chi connectivity index (χ1) is 16.8. The SMILES string of the molecule is COc1ccc(CN(Cc2cc3cc4c(cc3[nH]c2=O)OCO4)S(=O)(=O)c2ccc(F)cc2)cc1. The number of fused-ring (bicyclic) bond motifs is 2. The fourth-order valence-electron chi connectivity index (χ4n) is 3.86. The third-order valence-corrected chi connectivity index (χ3v) is 7.54. The summed E-state index contributed by atoms with van der Waals surface area (Å²) in [5, 5.41) is 0.674. The van der Waals surface area contributed by atoms with Gasteiger partial charge >= 0.3 is 0 Å². The van der Waals surface area contributed by atoms with Gasteiger partial charge in [-0.3, -0.25) is 4.79 Å². The van der Waals surface area contributed by atoms with Gasteiger partial charge < -0.3 is 19.2 Å². The number of aromatic amines is 1. The van der Waals surface area contributed by atoms with E-state index in [1.165, 1.54) is 16.4 Å². The highest BCUT2D eigenvalue weighted by Gasteiger charge is 2.26. The van der Waals surface area contributed by atoms with E-state index < -0.39 is 21.4 Å². The fourth-order valence-corrected chi connectivity index (χ4v) is 5.27. The fraction of sp³-hybridized carbons (Fsp3) is 0.160. The molecular formula is C25H21FN2O6S. The summed E-state index contributed by atoms with van der Waals surface area (Å²) in [6.45, 7) is -0.123. The van der Waals surface area contributed by atoms with Gasteiger partial charge in [-0.15, -0.1) is 0 Å². The smallest absolute Gasteiger partial charge is 0.252 e. The molecule has 0 atom stereocenters. The third kappa shape index (κ3) is 4.58. The number of rotatable bonds is 7. The Bertz CT molecular complexity index is 1550. The molecule has 8 nitrogen and oxygen atoms in total. The minimum absolute atomic E-state index is 0.0116. The normalized spacial score (nSPS) is 12.9. The van der Waals surface area contributed by atoms with E-state index in [9.17, 15) is 17.6 Å². The highest BCUT2D eigenvalue weighted by molar-refractivity contribution is 7.89. The van der Waals surface area contributed by atoms with Crippen molar-refractivity contribution < 1.29 is 27.0 Å². The average molecular weight is 497 g/mol. The summed E-state index contributed by atoms with van der Waals surface area (Å²) in [6.07, 6.45) is 0. The van der Waals surface area contributed by atoms with Gasteiger partial charge in [-0.05, 0) is 54.1 Å². The zero-order valence-electron chi connectivity index (χ0n) is 18.7. The van der Waals surface area contributed by atoms with E-state index in [-0.39, 0.29) is 30.3 Å². The van der Waals surface area contributed by atoms with Gasteiger partial charge in [0, 0.05) is 30.1 Å². The van der Waals surface area contributed by atoms with Crippen molar-refractivity contribution in [3.8, 4) is 17.2 Å². The Balaban J connectivity index is 1.55. The summed E-state index contributed by atoms with van der Waals surface area (Å²) in [7, 11) is -2.53. The van der Waals surface area contributed by atoms with Crippen LogP contribution in [-0.2, 0) is 23.1 Å². The molecule has 1 aliphatic heterocycles. The zero-order chi connectivity index (χ0) is 24.6. The van der Waals surface area contributed by atoms with E-state index in [4.69, 9.17) is 14.2 Å². The number of H-pyrrole nitrogens is 1. The van der Waals surface area contributed by atoms with Crippen LogP contribution in [0.4, 0.5) is 4.39 Å². The highest BCUT2D eigenvalue weighted by atomic mass is 32.2. The summed E-state index contributed by atoms with van der Waals surface area (Å²) in [5.74, 6) is 1.16. The molecule has 1 N–H and O–H groups in total. The number of hydrogen-bond acceptors (Lipinski definition) is 6. The van der Waals surface area contributed by atoms with Gasteiger partial charge in [0.25, 0.3) is 5.56 Å². The summed E-state index contributed by atoms with van der Waals surface area (Å²) in [5.41, 5.74) is 1.06. The first-order valence-electron chi connectivity index (χ1n) is 10.7. The number of halogens is 1. The van der Waals surface area contributed by atoms with Crippen molar-refractivity contribution in [1.82, 2.24) is 9.29 Å². The molecule has 0 aliphatic carbocycles. The number of nitrogens with one attached hydrogen (secondary N) is 1. The lowest BCUT2D eigenvalue weighted by molar-refractivity contribution is 0.174. The first kappa shape index (κ1) is 22.9. The number of sulfonamides is 1. The van der Waals surface area contributed by atoms with Crippen LogP contribution in [0.5, 0.6) is 17.2 Å². The number of pyridine rings is 1. The predicted molar refractivity (Wildman–Crippen MR) is 127 cm³/mol. The van der Waals surface area contributed by atoms with Gasteiger partial charge in [-0.2, -0.15) is 4.31 Å². The molecule has 4 aromatic rings. The summed E-state index contributed by atoms with van der Waals surface area (Å²) < 4.78 is 57.7. The van der Waals surface area contributed by atoms with Crippen molar-refractivity contribution in [2.75, 3.05) is 13.9 Å². The minimum atomic E-state index is -4.07. The van der Waals surface area contributed by atoms with E-state index in [0.717, 1.165) is 12.1 Å². The standard InChI is InChI=1S/C25H21FN2O6S/c1-32-20-6-2-16(3-7-20)13-28(35(30,31)21-8-4-19(26)5-9-21)14-18-10-17-11-23-24(34-15-33-23)12-22(17)27-25(18)29/h2-12H,13-15H2,1H3,(H,27,29). The van der Waals surface area contributed by atoms with Crippen LogP contribution in [0.15, 0.2) is 76.4 Å². The molecular weight excluding hydrogens is 475 g/mol. The van der Waals surface area contributed by atoms with Gasteiger partial charge in [0.1, 0.15) is 11.6 Å². The molecule has 35 heavy (non-hydrogen) atoms. The third-order valence-electron chi connectivity index (χ3n) is 5.73. The van der Waals surface area contributed by atoms with E-state index >= 15 is 0 Å². The molecule has 180 valence electrons. The molecule has 2 heterocycles. The Morgan fingerprint density at radius 3 is 2.34 bits per heavy atom. The van der Waals surface area contributed by atoms with Crippen LogP contribution in [0.25, 0.3) is 10.9 Å². The topological polar surface area (TPSA) is 97.9 Å². The number of ether oxygens (including phenoxy) is 3. The molecule has 0 saturated carbocycles. The monoisotopic (exact) mass is 496 g/mol. The van der Waals surface area contributed by atoms with Crippen LogP contribution in [0.1, 0.15) is 11.1 Å². The summed E-state index contributed by atoms with van der Waals surface area (Å²) in [4.78, 5) is 15.6. The van der Waals surface area contributed by atoms with Gasteiger partial charge in [-0.1, -0.05) is 12.1 Å². The van der Waals surface area contributed by atoms with Crippen LogP contribution in [0, 0.1) is 5.82 Å². The van der Waals surface area contributed by atoms with Crippen molar-refractivity contribution in [3.63, 3.8) is 0 Å². The number of aromatic nitrogens is 1. The van der Waals surface area contributed by atoms with E-state index in [1.807, 2.05) is 0 Å². The second kappa shape index (κ2) is 9.05. The molecule has 0 spiro atoms. The van der Waals surface area contributed by atoms with E-state index in [2.05, 4.69) is 4.98 Å². The molecule has 0 radical (unpaired) electrons. The van der Waals surface area contributed by atoms with Crippen LogP contribution in [0.3, 0.4) is 0 Å².